The minimum atomic E-state index is -1.77. The maximum Gasteiger partial charge on any atom is 0.326 e. The van der Waals surface area contributed by atoms with Gasteiger partial charge in [0.1, 0.15) is 23.9 Å². The standard InChI is InChI=1S/C23H32N4O10S/c1-38-9-8-15(25-20(33)14(24)6-7-18(29)30)21(34)26-16(10-12-2-4-13(28)5-3-12)22(35)27-17(23(36)37)11-19(31)32/h2-5,14-17,28H,6-11,24H2,1H3,(H,25,33)(H,26,34)(H,27,35)(H,29,30)(H,31,32)(H,36,37). The van der Waals surface area contributed by atoms with Crippen molar-refractivity contribution in [2.24, 2.45) is 5.73 Å². The van der Waals surface area contributed by atoms with E-state index in [-0.39, 0.29) is 31.4 Å². The fourth-order valence-electron chi connectivity index (χ4n) is 3.19. The molecule has 1 aromatic rings. The lowest BCUT2D eigenvalue weighted by Gasteiger charge is -2.25. The number of phenolic OH excluding ortho intramolecular Hbond substituents is 1. The van der Waals surface area contributed by atoms with Crippen LogP contribution in [0.15, 0.2) is 24.3 Å². The number of phenols is 1. The first-order valence-corrected chi connectivity index (χ1v) is 12.8. The number of amides is 3. The lowest BCUT2D eigenvalue weighted by molar-refractivity contribution is -0.147. The van der Waals surface area contributed by atoms with Gasteiger partial charge in [-0.3, -0.25) is 24.0 Å². The van der Waals surface area contributed by atoms with Crippen LogP contribution in [0.1, 0.15) is 31.2 Å². The molecule has 0 bridgehead atoms. The molecule has 14 nitrogen and oxygen atoms in total. The zero-order valence-electron chi connectivity index (χ0n) is 20.6. The molecule has 0 saturated heterocycles. The van der Waals surface area contributed by atoms with Gasteiger partial charge in [0.2, 0.25) is 17.7 Å². The molecule has 0 fully saturated rings. The fraction of sp³-hybridized carbons (Fsp3) is 0.478. The van der Waals surface area contributed by atoms with E-state index in [0.717, 1.165) is 0 Å². The number of benzene rings is 1. The summed E-state index contributed by atoms with van der Waals surface area (Å²) in [5, 5.41) is 43.6. The van der Waals surface area contributed by atoms with E-state index in [1.807, 2.05) is 0 Å². The zero-order chi connectivity index (χ0) is 28.8. The highest BCUT2D eigenvalue weighted by atomic mass is 32.2. The predicted molar refractivity (Wildman–Crippen MR) is 135 cm³/mol. The van der Waals surface area contributed by atoms with Crippen LogP contribution < -0.4 is 21.7 Å². The van der Waals surface area contributed by atoms with Crippen molar-refractivity contribution in [3.8, 4) is 5.75 Å². The number of aliphatic carboxylic acids is 3. The second-order valence-corrected chi connectivity index (χ2v) is 9.30. The number of nitrogens with one attached hydrogen (secondary N) is 3. The molecule has 9 N–H and O–H groups in total. The molecule has 0 heterocycles. The first-order chi connectivity index (χ1) is 17.8. The summed E-state index contributed by atoms with van der Waals surface area (Å²) in [7, 11) is 0. The van der Waals surface area contributed by atoms with Gasteiger partial charge >= 0.3 is 17.9 Å². The largest absolute Gasteiger partial charge is 0.508 e. The summed E-state index contributed by atoms with van der Waals surface area (Å²) in [6.07, 6.45) is 0.329. The Morgan fingerprint density at radius 2 is 1.37 bits per heavy atom. The number of carbonyl (C=O) groups is 6. The number of carboxylic acid groups (broad SMARTS) is 3. The minimum Gasteiger partial charge on any atom is -0.508 e. The number of carbonyl (C=O) groups excluding carboxylic acids is 3. The van der Waals surface area contributed by atoms with Crippen molar-refractivity contribution < 1.29 is 49.2 Å². The van der Waals surface area contributed by atoms with Crippen molar-refractivity contribution in [3.05, 3.63) is 29.8 Å². The molecule has 0 aromatic heterocycles. The van der Waals surface area contributed by atoms with Crippen molar-refractivity contribution in [3.63, 3.8) is 0 Å². The molecule has 0 aliphatic rings. The van der Waals surface area contributed by atoms with Crippen LogP contribution in [0.5, 0.6) is 5.75 Å². The molecule has 1 rings (SSSR count). The van der Waals surface area contributed by atoms with E-state index < -0.39 is 66.2 Å². The van der Waals surface area contributed by atoms with Crippen LogP contribution in [0.25, 0.3) is 0 Å². The quantitative estimate of drug-likeness (QED) is 0.114. The van der Waals surface area contributed by atoms with E-state index in [0.29, 0.717) is 11.3 Å². The third kappa shape index (κ3) is 11.9. The van der Waals surface area contributed by atoms with E-state index >= 15 is 0 Å². The molecule has 0 aliphatic heterocycles. The Bertz CT molecular complexity index is 1000. The molecule has 15 heteroatoms. The molecule has 4 unspecified atom stereocenters. The van der Waals surface area contributed by atoms with E-state index in [1.54, 1.807) is 6.26 Å². The molecular formula is C23H32N4O10S. The first kappa shape index (κ1) is 32.2. The average molecular weight is 557 g/mol. The Hall–Kier alpha value is -3.85. The Morgan fingerprint density at radius 3 is 1.89 bits per heavy atom. The van der Waals surface area contributed by atoms with Crippen LogP contribution in [-0.4, -0.2) is 92.2 Å². The zero-order valence-corrected chi connectivity index (χ0v) is 21.4. The van der Waals surface area contributed by atoms with Gasteiger partial charge in [0, 0.05) is 12.8 Å². The second-order valence-electron chi connectivity index (χ2n) is 8.31. The van der Waals surface area contributed by atoms with Crippen LogP contribution >= 0.6 is 11.8 Å². The summed E-state index contributed by atoms with van der Waals surface area (Å²) in [6.45, 7) is 0. The van der Waals surface area contributed by atoms with Crippen LogP contribution in [0, 0.1) is 0 Å². The Balaban J connectivity index is 3.13. The minimum absolute atomic E-state index is 0.0507. The molecule has 0 saturated carbocycles. The molecule has 1 aromatic carbocycles. The molecule has 0 aliphatic carbocycles. The average Bonchev–Trinajstić information content (AvgIpc) is 2.84. The van der Waals surface area contributed by atoms with Gasteiger partial charge < -0.3 is 42.1 Å². The summed E-state index contributed by atoms with van der Waals surface area (Å²) in [5.41, 5.74) is 6.21. The molecule has 0 radical (unpaired) electrons. The van der Waals surface area contributed by atoms with Gasteiger partial charge in [-0.2, -0.15) is 11.8 Å². The van der Waals surface area contributed by atoms with Crippen molar-refractivity contribution in [2.45, 2.75) is 56.3 Å². The lowest BCUT2D eigenvalue weighted by atomic mass is 10.0. The Labute approximate surface area is 222 Å². The number of aromatic hydroxyl groups is 1. The molecule has 4 atom stereocenters. The summed E-state index contributed by atoms with van der Waals surface area (Å²) >= 11 is 1.38. The maximum absolute atomic E-state index is 13.1. The van der Waals surface area contributed by atoms with Crippen LogP contribution in [0.3, 0.4) is 0 Å². The van der Waals surface area contributed by atoms with Crippen molar-refractivity contribution in [1.82, 2.24) is 16.0 Å². The van der Waals surface area contributed by atoms with E-state index in [4.69, 9.17) is 15.9 Å². The van der Waals surface area contributed by atoms with Crippen molar-refractivity contribution in [1.29, 1.82) is 0 Å². The number of rotatable bonds is 17. The number of carboxylic acids is 3. The lowest BCUT2D eigenvalue weighted by Crippen LogP contribution is -2.58. The van der Waals surface area contributed by atoms with Gasteiger partial charge in [-0.05, 0) is 42.5 Å². The summed E-state index contributed by atoms with van der Waals surface area (Å²) < 4.78 is 0. The van der Waals surface area contributed by atoms with Crippen LogP contribution in [-0.2, 0) is 35.2 Å². The highest BCUT2D eigenvalue weighted by Crippen LogP contribution is 2.12. The SMILES string of the molecule is CSCCC(NC(=O)C(N)CCC(=O)O)C(=O)NC(Cc1ccc(O)cc1)C(=O)NC(CC(=O)O)C(=O)O. The van der Waals surface area contributed by atoms with Gasteiger partial charge in [-0.1, -0.05) is 12.1 Å². The number of hydrogen-bond donors (Lipinski definition) is 8. The van der Waals surface area contributed by atoms with Gasteiger partial charge in [-0.25, -0.2) is 4.79 Å². The monoisotopic (exact) mass is 556 g/mol. The molecule has 38 heavy (non-hydrogen) atoms. The highest BCUT2D eigenvalue weighted by Gasteiger charge is 2.31. The van der Waals surface area contributed by atoms with Crippen molar-refractivity contribution in [2.75, 3.05) is 12.0 Å². The third-order valence-electron chi connectivity index (χ3n) is 5.25. The summed E-state index contributed by atoms with van der Waals surface area (Å²) in [4.78, 5) is 71.7. The summed E-state index contributed by atoms with van der Waals surface area (Å²) in [6, 6.07) is 0.141. The smallest absolute Gasteiger partial charge is 0.326 e. The van der Waals surface area contributed by atoms with Crippen LogP contribution in [0.4, 0.5) is 0 Å². The first-order valence-electron chi connectivity index (χ1n) is 11.4. The van der Waals surface area contributed by atoms with Gasteiger partial charge in [0.05, 0.1) is 12.5 Å². The Morgan fingerprint density at radius 1 is 0.816 bits per heavy atom. The molecule has 210 valence electrons. The van der Waals surface area contributed by atoms with E-state index in [2.05, 4.69) is 16.0 Å². The molecule has 3 amide bonds. The van der Waals surface area contributed by atoms with Gasteiger partial charge in [-0.15, -0.1) is 0 Å². The van der Waals surface area contributed by atoms with E-state index in [9.17, 15) is 39.0 Å². The summed E-state index contributed by atoms with van der Waals surface area (Å²) in [5.74, 6) is -6.35. The maximum atomic E-state index is 13.1. The fourth-order valence-corrected chi connectivity index (χ4v) is 3.66. The topological polar surface area (TPSA) is 245 Å². The number of hydrogen-bond acceptors (Lipinski definition) is 9. The number of nitrogens with two attached hydrogens (primary N) is 1. The highest BCUT2D eigenvalue weighted by molar-refractivity contribution is 7.98. The van der Waals surface area contributed by atoms with Crippen LogP contribution in [0.2, 0.25) is 0 Å². The third-order valence-corrected chi connectivity index (χ3v) is 5.90. The Kier molecular flexibility index (Phi) is 13.6. The second kappa shape index (κ2) is 16.1. The van der Waals surface area contributed by atoms with Crippen molar-refractivity contribution >= 4 is 47.4 Å². The normalized spacial score (nSPS) is 13.8. The molecule has 0 spiro atoms. The van der Waals surface area contributed by atoms with E-state index in [1.165, 1.54) is 36.0 Å². The van der Waals surface area contributed by atoms with Gasteiger partial charge in [0.25, 0.3) is 0 Å². The molecular weight excluding hydrogens is 524 g/mol. The number of thioether (sulfide) groups is 1. The van der Waals surface area contributed by atoms with Gasteiger partial charge in [0.15, 0.2) is 0 Å². The predicted octanol–water partition coefficient (Wildman–Crippen LogP) is -1.11.